The van der Waals surface area contributed by atoms with E-state index < -0.39 is 10.0 Å². The highest BCUT2D eigenvalue weighted by molar-refractivity contribution is 7.89. The van der Waals surface area contributed by atoms with Crippen LogP contribution < -0.4 is 19.1 Å². The average molecular weight is 330 g/mol. The van der Waals surface area contributed by atoms with E-state index in [1.165, 1.54) is 26.0 Å². The molecule has 0 aromatic heterocycles. The van der Waals surface area contributed by atoms with Crippen molar-refractivity contribution in [1.82, 2.24) is 4.72 Å². The second-order valence-electron chi connectivity index (χ2n) is 4.51. The smallest absolute Gasteiger partial charge is 0.223 e. The Morgan fingerprint density at radius 2 is 1.86 bits per heavy atom. The van der Waals surface area contributed by atoms with Gasteiger partial charge in [0, 0.05) is 31.8 Å². The van der Waals surface area contributed by atoms with Gasteiger partial charge in [-0.3, -0.25) is 4.79 Å². The number of ether oxygens (including phenoxy) is 2. The molecule has 0 bridgehead atoms. The molecule has 0 heterocycles. The van der Waals surface area contributed by atoms with Gasteiger partial charge in [0.25, 0.3) is 0 Å². The van der Waals surface area contributed by atoms with E-state index in [-0.39, 0.29) is 24.7 Å². The van der Waals surface area contributed by atoms with Crippen LogP contribution in [0, 0.1) is 0 Å². The van der Waals surface area contributed by atoms with Crippen LogP contribution in [0.15, 0.2) is 18.2 Å². The van der Waals surface area contributed by atoms with Crippen molar-refractivity contribution in [2.45, 2.75) is 13.8 Å². The molecular formula is C14H22N2O5S. The van der Waals surface area contributed by atoms with Crippen LogP contribution in [-0.2, 0) is 14.8 Å². The zero-order chi connectivity index (χ0) is 16.8. The Morgan fingerprint density at radius 1 is 1.23 bits per heavy atom. The first-order valence-electron chi connectivity index (χ1n) is 6.82. The monoisotopic (exact) mass is 330 g/mol. The molecule has 0 spiro atoms. The van der Waals surface area contributed by atoms with Crippen molar-refractivity contribution in [1.29, 1.82) is 0 Å². The van der Waals surface area contributed by atoms with Gasteiger partial charge in [-0.15, -0.1) is 0 Å². The van der Waals surface area contributed by atoms with Crippen LogP contribution in [0.4, 0.5) is 5.69 Å². The number of sulfonamides is 1. The third kappa shape index (κ3) is 4.88. The summed E-state index contributed by atoms with van der Waals surface area (Å²) in [4.78, 5) is 13.3. The highest BCUT2D eigenvalue weighted by Gasteiger charge is 2.15. The van der Waals surface area contributed by atoms with Gasteiger partial charge in [-0.05, 0) is 19.1 Å². The molecule has 0 radical (unpaired) electrons. The van der Waals surface area contributed by atoms with Crippen molar-refractivity contribution in [3.05, 3.63) is 18.2 Å². The van der Waals surface area contributed by atoms with Crippen LogP contribution in [0.2, 0.25) is 0 Å². The van der Waals surface area contributed by atoms with Crippen LogP contribution in [0.3, 0.4) is 0 Å². The van der Waals surface area contributed by atoms with Crippen LogP contribution in [0.5, 0.6) is 11.5 Å². The molecule has 0 aliphatic carbocycles. The Hall–Kier alpha value is -1.80. The fourth-order valence-electron chi connectivity index (χ4n) is 1.88. The molecule has 0 saturated carbocycles. The molecule has 7 nitrogen and oxygen atoms in total. The molecule has 1 aromatic carbocycles. The number of methoxy groups -OCH3 is 2. The van der Waals surface area contributed by atoms with Crippen molar-refractivity contribution in [2.75, 3.05) is 38.0 Å². The van der Waals surface area contributed by atoms with Crippen molar-refractivity contribution in [3.63, 3.8) is 0 Å². The molecule has 22 heavy (non-hydrogen) atoms. The maximum atomic E-state index is 11.8. The summed E-state index contributed by atoms with van der Waals surface area (Å²) in [6.45, 7) is 3.35. The van der Waals surface area contributed by atoms with Crippen molar-refractivity contribution in [3.8, 4) is 11.5 Å². The fourth-order valence-corrected chi connectivity index (χ4v) is 2.48. The van der Waals surface area contributed by atoms with Crippen LogP contribution in [0.25, 0.3) is 0 Å². The van der Waals surface area contributed by atoms with E-state index in [9.17, 15) is 13.2 Å². The lowest BCUT2D eigenvalue weighted by atomic mass is 10.2. The number of hydrogen-bond acceptors (Lipinski definition) is 5. The molecular weight excluding hydrogens is 308 g/mol. The Kier molecular flexibility index (Phi) is 6.63. The van der Waals surface area contributed by atoms with Crippen LogP contribution >= 0.6 is 0 Å². The minimum atomic E-state index is -3.28. The number of hydrogen-bond donors (Lipinski definition) is 1. The Bertz CT molecular complexity index is 616. The third-order valence-electron chi connectivity index (χ3n) is 3.10. The zero-order valence-electron chi connectivity index (χ0n) is 13.3. The number of carbonyl (C=O) groups is 1. The van der Waals surface area contributed by atoms with Gasteiger partial charge in [0.15, 0.2) is 11.5 Å². The number of carbonyl (C=O) groups excluding carboxylic acids is 1. The predicted molar refractivity (Wildman–Crippen MR) is 85.0 cm³/mol. The molecule has 0 aliphatic rings. The quantitative estimate of drug-likeness (QED) is 0.768. The van der Waals surface area contributed by atoms with E-state index in [0.717, 1.165) is 0 Å². The molecule has 0 atom stereocenters. The highest BCUT2D eigenvalue weighted by Crippen LogP contribution is 2.31. The van der Waals surface area contributed by atoms with Crippen molar-refractivity contribution < 1.29 is 22.7 Å². The average Bonchev–Trinajstić information content (AvgIpc) is 2.50. The van der Waals surface area contributed by atoms with Gasteiger partial charge in [0.2, 0.25) is 15.9 Å². The van der Waals surface area contributed by atoms with Gasteiger partial charge < -0.3 is 14.4 Å². The van der Waals surface area contributed by atoms with E-state index in [2.05, 4.69) is 4.72 Å². The zero-order valence-corrected chi connectivity index (χ0v) is 14.1. The van der Waals surface area contributed by atoms with Crippen LogP contribution in [0.1, 0.15) is 13.8 Å². The standard InChI is InChI=1S/C14H22N2O5S/c1-5-22(18,19)15-8-9-16(11(2)17)12-6-7-13(20-3)14(10-12)21-4/h6-7,10,15H,5,8-9H2,1-4H3. The van der Waals surface area contributed by atoms with Crippen LogP contribution in [-0.4, -0.2) is 47.4 Å². The normalized spacial score (nSPS) is 11.1. The number of anilines is 1. The molecule has 1 N–H and O–H groups in total. The second-order valence-corrected chi connectivity index (χ2v) is 6.60. The number of amides is 1. The summed E-state index contributed by atoms with van der Waals surface area (Å²) < 4.78 is 35.6. The summed E-state index contributed by atoms with van der Waals surface area (Å²) in [5.74, 6) is 0.869. The molecule has 1 aromatic rings. The first-order valence-corrected chi connectivity index (χ1v) is 8.47. The Morgan fingerprint density at radius 3 is 2.36 bits per heavy atom. The summed E-state index contributed by atoms with van der Waals surface area (Å²) in [6, 6.07) is 5.09. The number of nitrogens with one attached hydrogen (secondary N) is 1. The Balaban J connectivity index is 2.90. The summed E-state index contributed by atoms with van der Waals surface area (Å²) in [7, 11) is -0.243. The van der Waals surface area contributed by atoms with E-state index in [1.807, 2.05) is 0 Å². The summed E-state index contributed by atoms with van der Waals surface area (Å²) in [6.07, 6.45) is 0. The third-order valence-corrected chi connectivity index (χ3v) is 4.50. The van der Waals surface area contributed by atoms with E-state index in [0.29, 0.717) is 17.2 Å². The minimum Gasteiger partial charge on any atom is -0.493 e. The lowest BCUT2D eigenvalue weighted by Crippen LogP contribution is -2.38. The largest absolute Gasteiger partial charge is 0.493 e. The number of rotatable bonds is 8. The van der Waals surface area contributed by atoms with E-state index >= 15 is 0 Å². The lowest BCUT2D eigenvalue weighted by molar-refractivity contribution is -0.116. The fraction of sp³-hybridized carbons (Fsp3) is 0.500. The molecule has 0 aliphatic heterocycles. The summed E-state index contributed by atoms with van der Waals surface area (Å²) >= 11 is 0. The maximum Gasteiger partial charge on any atom is 0.223 e. The lowest BCUT2D eigenvalue weighted by Gasteiger charge is -2.22. The van der Waals surface area contributed by atoms with E-state index in [1.54, 1.807) is 25.1 Å². The molecule has 124 valence electrons. The molecule has 1 amide bonds. The predicted octanol–water partition coefficient (Wildman–Crippen LogP) is 0.996. The molecule has 0 unspecified atom stereocenters. The van der Waals surface area contributed by atoms with Gasteiger partial charge in [0.05, 0.1) is 20.0 Å². The van der Waals surface area contributed by atoms with Gasteiger partial charge >= 0.3 is 0 Å². The second kappa shape index (κ2) is 8.00. The first kappa shape index (κ1) is 18.2. The number of nitrogens with zero attached hydrogens (tertiary/aromatic N) is 1. The molecule has 0 fully saturated rings. The topological polar surface area (TPSA) is 84.9 Å². The van der Waals surface area contributed by atoms with Crippen molar-refractivity contribution >= 4 is 21.6 Å². The van der Waals surface area contributed by atoms with Gasteiger partial charge in [-0.25, -0.2) is 13.1 Å². The van der Waals surface area contributed by atoms with Gasteiger partial charge in [0.1, 0.15) is 0 Å². The first-order chi connectivity index (χ1) is 10.3. The molecule has 8 heteroatoms. The van der Waals surface area contributed by atoms with Gasteiger partial charge in [-0.2, -0.15) is 0 Å². The minimum absolute atomic E-state index is 0.00340. The number of benzene rings is 1. The maximum absolute atomic E-state index is 11.8. The molecule has 0 saturated heterocycles. The highest BCUT2D eigenvalue weighted by atomic mass is 32.2. The molecule has 1 rings (SSSR count). The Labute approximate surface area is 131 Å². The van der Waals surface area contributed by atoms with Crippen molar-refractivity contribution in [2.24, 2.45) is 0 Å². The summed E-state index contributed by atoms with van der Waals surface area (Å²) in [5.41, 5.74) is 0.612. The van der Waals surface area contributed by atoms with Gasteiger partial charge in [-0.1, -0.05) is 0 Å². The SMILES string of the molecule is CCS(=O)(=O)NCCN(C(C)=O)c1ccc(OC)c(OC)c1. The van der Waals surface area contributed by atoms with E-state index in [4.69, 9.17) is 9.47 Å². The summed E-state index contributed by atoms with van der Waals surface area (Å²) in [5, 5.41) is 0.